The number of carbonyl (C=O) groups is 1. The highest BCUT2D eigenvalue weighted by Crippen LogP contribution is 2.35. The number of guanidine groups is 1. The molecule has 33 heavy (non-hydrogen) atoms. The number of benzene rings is 2. The van der Waals surface area contributed by atoms with E-state index in [0.717, 1.165) is 35.3 Å². The highest BCUT2D eigenvalue weighted by atomic mass is 35.5. The number of fused-ring (bicyclic) bond motifs is 2. The maximum Gasteiger partial charge on any atom is 0.258 e. The molecule has 6 nitrogen and oxygen atoms in total. The molecule has 2 bridgehead atoms. The number of hydrogen-bond donors (Lipinski definition) is 2. The lowest BCUT2D eigenvalue weighted by Gasteiger charge is -2.34. The molecule has 1 amide bonds. The fourth-order valence-corrected chi connectivity index (χ4v) is 5.56. The van der Waals surface area contributed by atoms with Crippen LogP contribution in [0.15, 0.2) is 41.4 Å². The van der Waals surface area contributed by atoms with Crippen LogP contribution >= 0.6 is 11.6 Å². The van der Waals surface area contributed by atoms with Gasteiger partial charge in [0.2, 0.25) is 0 Å². The fraction of sp³-hybridized carbons (Fsp3) is 0.462. The second kappa shape index (κ2) is 10.1. The molecule has 0 spiro atoms. The molecule has 3 atom stereocenters. The van der Waals surface area contributed by atoms with E-state index in [-0.39, 0.29) is 17.9 Å². The molecule has 2 unspecified atom stereocenters. The van der Waals surface area contributed by atoms with Crippen molar-refractivity contribution < 1.29 is 9.53 Å². The minimum absolute atomic E-state index is 0.159. The van der Waals surface area contributed by atoms with Crippen molar-refractivity contribution in [1.29, 1.82) is 0 Å². The van der Waals surface area contributed by atoms with Crippen LogP contribution in [0, 0.1) is 6.92 Å². The molecular weight excluding hydrogens is 436 g/mol. The van der Waals surface area contributed by atoms with Crippen molar-refractivity contribution >= 4 is 23.5 Å². The van der Waals surface area contributed by atoms with Crippen molar-refractivity contribution in [2.45, 2.75) is 63.6 Å². The molecule has 2 fully saturated rings. The van der Waals surface area contributed by atoms with Gasteiger partial charge in [0, 0.05) is 22.7 Å². The molecule has 0 saturated carbocycles. The number of nitrogens with one attached hydrogen (secondary N) is 1. The molecule has 2 aromatic rings. The van der Waals surface area contributed by atoms with Crippen LogP contribution in [-0.2, 0) is 12.8 Å². The van der Waals surface area contributed by atoms with Gasteiger partial charge < -0.3 is 15.4 Å². The van der Waals surface area contributed by atoms with Crippen molar-refractivity contribution in [2.24, 2.45) is 10.7 Å². The zero-order chi connectivity index (χ0) is 23.5. The smallest absolute Gasteiger partial charge is 0.258 e. The Morgan fingerprint density at radius 2 is 1.94 bits per heavy atom. The van der Waals surface area contributed by atoms with Crippen molar-refractivity contribution in [1.82, 2.24) is 10.2 Å². The van der Waals surface area contributed by atoms with Gasteiger partial charge in [-0.15, -0.1) is 0 Å². The summed E-state index contributed by atoms with van der Waals surface area (Å²) in [6, 6.07) is 12.8. The Bertz CT molecular complexity index is 1040. The molecule has 0 aliphatic carbocycles. The van der Waals surface area contributed by atoms with Gasteiger partial charge in [0.1, 0.15) is 5.75 Å². The minimum Gasteiger partial charge on any atom is -0.496 e. The number of rotatable bonds is 6. The summed E-state index contributed by atoms with van der Waals surface area (Å²) in [4.78, 5) is 20.2. The first kappa shape index (κ1) is 23.6. The maximum absolute atomic E-state index is 13.1. The van der Waals surface area contributed by atoms with Gasteiger partial charge in [-0.2, -0.15) is 0 Å². The molecule has 2 aliphatic heterocycles. The van der Waals surface area contributed by atoms with E-state index < -0.39 is 0 Å². The molecule has 2 aromatic carbocycles. The van der Waals surface area contributed by atoms with Crippen molar-refractivity contribution in [3.8, 4) is 5.75 Å². The lowest BCUT2D eigenvalue weighted by atomic mass is 9.98. The van der Waals surface area contributed by atoms with E-state index in [0.29, 0.717) is 35.5 Å². The van der Waals surface area contributed by atoms with E-state index in [1.165, 1.54) is 12.8 Å². The summed E-state index contributed by atoms with van der Waals surface area (Å²) in [6.07, 6.45) is 5.73. The van der Waals surface area contributed by atoms with Crippen LogP contribution in [0.3, 0.4) is 0 Å². The summed E-state index contributed by atoms with van der Waals surface area (Å²) < 4.78 is 5.50. The van der Waals surface area contributed by atoms with Gasteiger partial charge in [-0.3, -0.25) is 10.1 Å². The summed E-state index contributed by atoms with van der Waals surface area (Å²) in [5, 5.41) is 3.36. The predicted octanol–water partition coefficient (Wildman–Crippen LogP) is 4.11. The zero-order valence-electron chi connectivity index (χ0n) is 19.6. The van der Waals surface area contributed by atoms with Crippen LogP contribution in [-0.4, -0.2) is 49.0 Å². The number of aryl methyl sites for hydroxylation is 2. The Morgan fingerprint density at radius 1 is 1.21 bits per heavy atom. The molecule has 2 aliphatic rings. The number of amides is 1. The Labute approximate surface area is 201 Å². The third-order valence-electron chi connectivity index (χ3n) is 7.08. The van der Waals surface area contributed by atoms with E-state index in [1.54, 1.807) is 19.2 Å². The first-order chi connectivity index (χ1) is 15.9. The fourth-order valence-electron chi connectivity index (χ4n) is 5.29. The van der Waals surface area contributed by atoms with Crippen molar-refractivity contribution in [3.05, 3.63) is 63.7 Å². The first-order valence-electron chi connectivity index (χ1n) is 11.6. The SMILES string of the molecule is COc1ccc(C)cc1CCc1c(Cl)cccc1C(=O)NC(N)=NC1CC2CC[C@@H](C1)N2C. The van der Waals surface area contributed by atoms with Crippen LogP contribution in [0.5, 0.6) is 5.75 Å². The average molecular weight is 469 g/mol. The molecule has 4 rings (SSSR count). The lowest BCUT2D eigenvalue weighted by Crippen LogP contribution is -2.43. The highest BCUT2D eigenvalue weighted by molar-refractivity contribution is 6.32. The van der Waals surface area contributed by atoms with Crippen LogP contribution in [0.25, 0.3) is 0 Å². The normalized spacial score (nSPS) is 22.9. The number of piperidine rings is 1. The number of halogens is 1. The Balaban J connectivity index is 1.46. The van der Waals surface area contributed by atoms with Gasteiger partial charge in [0.15, 0.2) is 5.96 Å². The Morgan fingerprint density at radius 3 is 2.64 bits per heavy atom. The maximum atomic E-state index is 13.1. The van der Waals surface area contributed by atoms with Gasteiger partial charge in [-0.25, -0.2) is 4.99 Å². The number of carbonyl (C=O) groups excluding carboxylic acids is 1. The Kier molecular flexibility index (Phi) is 7.25. The van der Waals surface area contributed by atoms with E-state index >= 15 is 0 Å². The highest BCUT2D eigenvalue weighted by Gasteiger charge is 2.38. The number of hydrogen-bond acceptors (Lipinski definition) is 4. The zero-order valence-corrected chi connectivity index (χ0v) is 20.4. The lowest BCUT2D eigenvalue weighted by molar-refractivity contribution is 0.0975. The average Bonchev–Trinajstić information content (AvgIpc) is 2.98. The summed E-state index contributed by atoms with van der Waals surface area (Å²) in [5.41, 5.74) is 9.72. The van der Waals surface area contributed by atoms with Gasteiger partial charge >= 0.3 is 0 Å². The molecular formula is C26H33ClN4O2. The minimum atomic E-state index is -0.277. The first-order valence-corrected chi connectivity index (χ1v) is 12.0. The van der Waals surface area contributed by atoms with E-state index in [4.69, 9.17) is 22.1 Å². The van der Waals surface area contributed by atoms with Crippen LogP contribution < -0.4 is 15.8 Å². The van der Waals surface area contributed by atoms with Gasteiger partial charge in [0.05, 0.1) is 13.2 Å². The summed E-state index contributed by atoms with van der Waals surface area (Å²) in [5.74, 6) is 0.739. The molecule has 176 valence electrons. The standard InChI is InChI=1S/C26H33ClN4O2/c1-16-7-12-24(33-3)17(13-16)8-11-21-22(5-4-6-23(21)27)25(32)30-26(28)29-18-14-19-9-10-20(15-18)31(19)2/h4-7,12-13,18-20H,8-11,14-15H2,1-3H3,(H3,28,29,30,32)/t18?,19-,20?/m0/s1. The second-order valence-electron chi connectivity index (χ2n) is 9.23. The van der Waals surface area contributed by atoms with Gasteiger partial charge in [-0.1, -0.05) is 35.4 Å². The van der Waals surface area contributed by atoms with Crippen molar-refractivity contribution in [3.63, 3.8) is 0 Å². The molecule has 2 heterocycles. The monoisotopic (exact) mass is 468 g/mol. The second-order valence-corrected chi connectivity index (χ2v) is 9.63. The molecule has 3 N–H and O–H groups in total. The summed E-state index contributed by atoms with van der Waals surface area (Å²) in [7, 11) is 3.86. The summed E-state index contributed by atoms with van der Waals surface area (Å²) >= 11 is 6.51. The number of nitrogens with two attached hydrogens (primary N) is 1. The molecule has 0 aromatic heterocycles. The number of nitrogens with zero attached hydrogens (tertiary/aromatic N) is 2. The molecule has 2 saturated heterocycles. The van der Waals surface area contributed by atoms with Crippen LogP contribution in [0.4, 0.5) is 0 Å². The van der Waals surface area contributed by atoms with E-state index in [2.05, 4.69) is 35.2 Å². The number of methoxy groups -OCH3 is 1. The van der Waals surface area contributed by atoms with E-state index in [9.17, 15) is 4.79 Å². The van der Waals surface area contributed by atoms with Gasteiger partial charge in [0.25, 0.3) is 5.91 Å². The number of aliphatic imine (C=N–C) groups is 1. The quantitative estimate of drug-likeness (QED) is 0.494. The van der Waals surface area contributed by atoms with E-state index in [1.807, 2.05) is 18.2 Å². The van der Waals surface area contributed by atoms with Crippen molar-refractivity contribution in [2.75, 3.05) is 14.2 Å². The predicted molar refractivity (Wildman–Crippen MR) is 133 cm³/mol. The molecule has 7 heteroatoms. The largest absolute Gasteiger partial charge is 0.496 e. The van der Waals surface area contributed by atoms with Crippen LogP contribution in [0.1, 0.15) is 52.7 Å². The third kappa shape index (κ3) is 5.33. The third-order valence-corrected chi connectivity index (χ3v) is 7.43. The van der Waals surface area contributed by atoms with Crippen LogP contribution in [0.2, 0.25) is 5.02 Å². The van der Waals surface area contributed by atoms with Gasteiger partial charge in [-0.05, 0) is 81.8 Å². The topological polar surface area (TPSA) is 79.9 Å². The summed E-state index contributed by atoms with van der Waals surface area (Å²) in [6.45, 7) is 2.05. The number of ether oxygens (including phenoxy) is 1. The Hall–Kier alpha value is -2.57. The molecule has 0 radical (unpaired) electrons.